The average Bonchev–Trinajstić information content (AvgIpc) is 2.26. The highest BCUT2D eigenvalue weighted by Crippen LogP contribution is 2.15. The van der Waals surface area contributed by atoms with Crippen LogP contribution in [0.15, 0.2) is 42.5 Å². The van der Waals surface area contributed by atoms with Crippen molar-refractivity contribution < 1.29 is 0 Å². The van der Waals surface area contributed by atoms with Crippen LogP contribution < -0.4 is 5.32 Å². The monoisotopic (exact) mass is 185 g/mol. The van der Waals surface area contributed by atoms with Crippen LogP contribution in [-0.4, -0.2) is 6.54 Å². The SMILES string of the molecule is CCNCc1ccc2ccccc2c1. The summed E-state index contributed by atoms with van der Waals surface area (Å²) in [4.78, 5) is 0. The summed E-state index contributed by atoms with van der Waals surface area (Å²) < 4.78 is 0. The topological polar surface area (TPSA) is 12.0 Å². The molecule has 0 bridgehead atoms. The molecule has 2 rings (SSSR count). The zero-order valence-corrected chi connectivity index (χ0v) is 8.46. The Morgan fingerprint density at radius 3 is 2.57 bits per heavy atom. The molecular formula is C13H15N. The van der Waals surface area contributed by atoms with Crippen molar-refractivity contribution in [3.63, 3.8) is 0 Å². The van der Waals surface area contributed by atoms with E-state index in [9.17, 15) is 0 Å². The number of benzene rings is 2. The van der Waals surface area contributed by atoms with Crippen molar-refractivity contribution in [1.29, 1.82) is 0 Å². The molecule has 14 heavy (non-hydrogen) atoms. The number of hydrogen-bond acceptors (Lipinski definition) is 1. The molecule has 0 aromatic heterocycles. The summed E-state index contributed by atoms with van der Waals surface area (Å²) in [5, 5.41) is 5.96. The Bertz CT molecular complexity index is 420. The number of hydrogen-bond donors (Lipinski definition) is 1. The van der Waals surface area contributed by atoms with Crippen LogP contribution in [0.5, 0.6) is 0 Å². The van der Waals surface area contributed by atoms with Gasteiger partial charge >= 0.3 is 0 Å². The first-order valence-corrected chi connectivity index (χ1v) is 5.08. The fourth-order valence-electron chi connectivity index (χ4n) is 1.62. The predicted molar refractivity (Wildman–Crippen MR) is 61.3 cm³/mol. The van der Waals surface area contributed by atoms with Crippen molar-refractivity contribution in [3.8, 4) is 0 Å². The second kappa shape index (κ2) is 4.25. The maximum absolute atomic E-state index is 3.33. The Morgan fingerprint density at radius 2 is 1.79 bits per heavy atom. The Hall–Kier alpha value is -1.34. The van der Waals surface area contributed by atoms with E-state index in [1.165, 1.54) is 16.3 Å². The Morgan fingerprint density at radius 1 is 1.00 bits per heavy atom. The van der Waals surface area contributed by atoms with E-state index in [2.05, 4.69) is 54.7 Å². The van der Waals surface area contributed by atoms with E-state index in [0.29, 0.717) is 0 Å². The van der Waals surface area contributed by atoms with E-state index in [0.717, 1.165) is 13.1 Å². The number of nitrogens with one attached hydrogen (secondary N) is 1. The predicted octanol–water partition coefficient (Wildman–Crippen LogP) is 2.95. The summed E-state index contributed by atoms with van der Waals surface area (Å²) in [6.45, 7) is 4.11. The van der Waals surface area contributed by atoms with Gasteiger partial charge in [0.15, 0.2) is 0 Å². The van der Waals surface area contributed by atoms with Gasteiger partial charge in [0.1, 0.15) is 0 Å². The zero-order valence-electron chi connectivity index (χ0n) is 8.46. The molecule has 0 aliphatic rings. The van der Waals surface area contributed by atoms with Crippen LogP contribution in [0.1, 0.15) is 12.5 Å². The number of fused-ring (bicyclic) bond motifs is 1. The summed E-state index contributed by atoms with van der Waals surface area (Å²) in [5.41, 5.74) is 1.35. The third-order valence-electron chi connectivity index (χ3n) is 2.39. The van der Waals surface area contributed by atoms with Gasteiger partial charge in [-0.2, -0.15) is 0 Å². The standard InChI is InChI=1S/C13H15N/c1-2-14-10-11-7-8-12-5-3-4-6-13(12)9-11/h3-9,14H,2,10H2,1H3. The summed E-state index contributed by atoms with van der Waals surface area (Å²) in [6, 6.07) is 15.1. The molecule has 0 heterocycles. The minimum Gasteiger partial charge on any atom is -0.313 e. The van der Waals surface area contributed by atoms with Gasteiger partial charge in [-0.15, -0.1) is 0 Å². The van der Waals surface area contributed by atoms with Crippen LogP contribution in [0.2, 0.25) is 0 Å². The van der Waals surface area contributed by atoms with E-state index in [4.69, 9.17) is 0 Å². The average molecular weight is 185 g/mol. The first-order valence-electron chi connectivity index (χ1n) is 5.08. The van der Waals surface area contributed by atoms with Crippen molar-refractivity contribution in [2.24, 2.45) is 0 Å². The smallest absolute Gasteiger partial charge is 0.0205 e. The molecule has 0 atom stereocenters. The van der Waals surface area contributed by atoms with Crippen LogP contribution in [0.4, 0.5) is 0 Å². The second-order valence-electron chi connectivity index (χ2n) is 3.46. The largest absolute Gasteiger partial charge is 0.313 e. The van der Waals surface area contributed by atoms with Crippen molar-refractivity contribution in [3.05, 3.63) is 48.0 Å². The van der Waals surface area contributed by atoms with Crippen LogP contribution in [-0.2, 0) is 6.54 Å². The van der Waals surface area contributed by atoms with E-state index < -0.39 is 0 Å². The molecule has 1 heteroatoms. The highest BCUT2D eigenvalue weighted by molar-refractivity contribution is 5.82. The van der Waals surface area contributed by atoms with Crippen molar-refractivity contribution in [1.82, 2.24) is 5.32 Å². The molecule has 1 nitrogen and oxygen atoms in total. The molecule has 1 N–H and O–H groups in total. The zero-order chi connectivity index (χ0) is 9.80. The second-order valence-corrected chi connectivity index (χ2v) is 3.46. The Balaban J connectivity index is 2.32. The molecule has 0 aliphatic carbocycles. The van der Waals surface area contributed by atoms with Crippen molar-refractivity contribution in [2.75, 3.05) is 6.54 Å². The summed E-state index contributed by atoms with van der Waals surface area (Å²) in [7, 11) is 0. The molecule has 2 aromatic carbocycles. The van der Waals surface area contributed by atoms with Gasteiger partial charge in [-0.05, 0) is 28.9 Å². The highest BCUT2D eigenvalue weighted by atomic mass is 14.8. The first kappa shape index (κ1) is 9.22. The molecule has 0 spiro atoms. The Labute approximate surface area is 84.8 Å². The lowest BCUT2D eigenvalue weighted by molar-refractivity contribution is 0.727. The van der Waals surface area contributed by atoms with Gasteiger partial charge in [-0.3, -0.25) is 0 Å². The van der Waals surface area contributed by atoms with Crippen LogP contribution in [0.25, 0.3) is 10.8 Å². The van der Waals surface area contributed by atoms with Crippen LogP contribution in [0.3, 0.4) is 0 Å². The number of rotatable bonds is 3. The molecule has 0 fully saturated rings. The van der Waals surface area contributed by atoms with Crippen LogP contribution >= 0.6 is 0 Å². The quantitative estimate of drug-likeness (QED) is 0.775. The minimum atomic E-state index is 0.960. The third-order valence-corrected chi connectivity index (χ3v) is 2.39. The Kier molecular flexibility index (Phi) is 2.80. The molecule has 0 unspecified atom stereocenters. The van der Waals surface area contributed by atoms with E-state index in [-0.39, 0.29) is 0 Å². The van der Waals surface area contributed by atoms with Gasteiger partial charge in [-0.25, -0.2) is 0 Å². The van der Waals surface area contributed by atoms with Gasteiger partial charge in [0.25, 0.3) is 0 Å². The molecule has 0 saturated heterocycles. The first-order chi connectivity index (χ1) is 6.90. The maximum Gasteiger partial charge on any atom is 0.0205 e. The van der Waals surface area contributed by atoms with Gasteiger partial charge in [-0.1, -0.05) is 43.3 Å². The summed E-state index contributed by atoms with van der Waals surface area (Å²) in [6.07, 6.45) is 0. The molecule has 0 amide bonds. The van der Waals surface area contributed by atoms with Gasteiger partial charge in [0.2, 0.25) is 0 Å². The van der Waals surface area contributed by atoms with Gasteiger partial charge in [0.05, 0.1) is 0 Å². The molecule has 0 aliphatic heterocycles. The molecule has 0 radical (unpaired) electrons. The summed E-state index contributed by atoms with van der Waals surface area (Å²) in [5.74, 6) is 0. The minimum absolute atomic E-state index is 0.960. The lowest BCUT2D eigenvalue weighted by Gasteiger charge is -2.03. The van der Waals surface area contributed by atoms with E-state index in [1.54, 1.807) is 0 Å². The summed E-state index contributed by atoms with van der Waals surface area (Å²) >= 11 is 0. The molecule has 2 aromatic rings. The van der Waals surface area contributed by atoms with Gasteiger partial charge in [0, 0.05) is 6.54 Å². The lowest BCUT2D eigenvalue weighted by atomic mass is 10.1. The fourth-order valence-corrected chi connectivity index (χ4v) is 1.62. The van der Waals surface area contributed by atoms with E-state index in [1.807, 2.05) is 0 Å². The maximum atomic E-state index is 3.33. The lowest BCUT2D eigenvalue weighted by Crippen LogP contribution is -2.11. The molecular weight excluding hydrogens is 170 g/mol. The van der Waals surface area contributed by atoms with Crippen molar-refractivity contribution in [2.45, 2.75) is 13.5 Å². The normalized spacial score (nSPS) is 10.6. The third kappa shape index (κ3) is 1.94. The van der Waals surface area contributed by atoms with E-state index >= 15 is 0 Å². The van der Waals surface area contributed by atoms with Gasteiger partial charge < -0.3 is 5.32 Å². The van der Waals surface area contributed by atoms with Crippen LogP contribution in [0, 0.1) is 0 Å². The highest BCUT2D eigenvalue weighted by Gasteiger charge is 1.94. The fraction of sp³-hybridized carbons (Fsp3) is 0.231. The van der Waals surface area contributed by atoms with Crippen molar-refractivity contribution >= 4 is 10.8 Å². The molecule has 72 valence electrons. The molecule has 0 saturated carbocycles.